The number of nitriles is 1. The zero-order valence-corrected chi connectivity index (χ0v) is 10.3. The quantitative estimate of drug-likeness (QED) is 0.735. The van der Waals surface area contributed by atoms with Crippen LogP contribution in [-0.2, 0) is 0 Å². The largest absolute Gasteiger partial charge is 0.391 e. The highest BCUT2D eigenvalue weighted by molar-refractivity contribution is 9.10. The molecule has 2 saturated carbocycles. The lowest BCUT2D eigenvalue weighted by Gasteiger charge is -2.44. The van der Waals surface area contributed by atoms with E-state index in [-0.39, 0.29) is 21.3 Å². The van der Waals surface area contributed by atoms with Gasteiger partial charge in [-0.05, 0) is 30.1 Å². The van der Waals surface area contributed by atoms with Gasteiger partial charge in [0.2, 0.25) is 0 Å². The number of aliphatic hydroxyl groups is 1. The maximum absolute atomic E-state index is 10.2. The lowest BCUT2D eigenvalue weighted by atomic mass is 9.62. The summed E-state index contributed by atoms with van der Waals surface area (Å²) in [6, 6.07) is 2.29. The first-order chi connectivity index (χ1) is 6.38. The minimum atomic E-state index is -0.322. The number of halogens is 1. The van der Waals surface area contributed by atoms with Crippen LogP contribution < -0.4 is 0 Å². The van der Waals surface area contributed by atoms with E-state index in [1.165, 1.54) is 0 Å². The smallest absolute Gasteiger partial charge is 0.0749 e. The van der Waals surface area contributed by atoms with Crippen molar-refractivity contribution in [2.45, 2.75) is 50.0 Å². The van der Waals surface area contributed by atoms with Gasteiger partial charge in [-0.2, -0.15) is 5.26 Å². The van der Waals surface area contributed by atoms with Crippen molar-refractivity contribution in [1.82, 2.24) is 0 Å². The zero-order valence-electron chi connectivity index (χ0n) is 8.68. The van der Waals surface area contributed by atoms with Crippen LogP contribution in [0.15, 0.2) is 0 Å². The zero-order chi connectivity index (χ0) is 10.6. The van der Waals surface area contributed by atoms with E-state index in [4.69, 9.17) is 5.26 Å². The predicted molar refractivity (Wildman–Crippen MR) is 58.0 cm³/mol. The summed E-state index contributed by atoms with van der Waals surface area (Å²) in [5.74, 6) is 0. The number of nitrogens with zero attached hydrogens (tertiary/aromatic N) is 1. The molecule has 0 unspecified atom stereocenters. The minimum absolute atomic E-state index is 0.0324. The molecule has 0 aromatic heterocycles. The highest BCUT2D eigenvalue weighted by Crippen LogP contribution is 2.69. The van der Waals surface area contributed by atoms with Crippen LogP contribution in [0.4, 0.5) is 0 Å². The summed E-state index contributed by atoms with van der Waals surface area (Å²) in [7, 11) is 0. The minimum Gasteiger partial charge on any atom is -0.391 e. The Morgan fingerprint density at radius 1 is 1.50 bits per heavy atom. The van der Waals surface area contributed by atoms with Gasteiger partial charge in [0, 0.05) is 6.42 Å². The molecule has 14 heavy (non-hydrogen) atoms. The molecular formula is C11H16BrNO. The van der Waals surface area contributed by atoms with Crippen LogP contribution in [0.2, 0.25) is 0 Å². The molecule has 2 nitrogen and oxygen atoms in total. The SMILES string of the molecule is CC1(C)[C@H](O)[C@]2(Br)CC[C@]1(CC#N)C2. The molecule has 2 aliphatic rings. The molecule has 0 spiro atoms. The van der Waals surface area contributed by atoms with Crippen LogP contribution in [0.5, 0.6) is 0 Å². The number of rotatable bonds is 1. The second kappa shape index (κ2) is 2.74. The molecule has 0 aliphatic heterocycles. The van der Waals surface area contributed by atoms with Crippen molar-refractivity contribution >= 4 is 15.9 Å². The third kappa shape index (κ3) is 0.991. The van der Waals surface area contributed by atoms with Crippen molar-refractivity contribution in [2.24, 2.45) is 10.8 Å². The second-order valence-electron chi connectivity index (χ2n) is 5.45. The van der Waals surface area contributed by atoms with Gasteiger partial charge in [0.1, 0.15) is 0 Å². The van der Waals surface area contributed by atoms with Gasteiger partial charge in [0.25, 0.3) is 0 Å². The monoisotopic (exact) mass is 257 g/mol. The van der Waals surface area contributed by atoms with Crippen LogP contribution in [0.1, 0.15) is 39.5 Å². The standard InChI is InChI=1S/C11H16BrNO/c1-9(2)8(14)11(12)4-3-10(9,7-11)5-6-13/h8,14H,3-5,7H2,1-2H3/t8-,10-,11-/m0/s1. The lowest BCUT2D eigenvalue weighted by Crippen LogP contribution is -2.46. The number of alkyl halides is 1. The highest BCUT2D eigenvalue weighted by atomic mass is 79.9. The van der Waals surface area contributed by atoms with Gasteiger partial charge in [-0.3, -0.25) is 0 Å². The lowest BCUT2D eigenvalue weighted by molar-refractivity contribution is -0.0282. The maximum Gasteiger partial charge on any atom is 0.0749 e. The molecule has 1 N–H and O–H groups in total. The van der Waals surface area contributed by atoms with Crippen molar-refractivity contribution in [3.05, 3.63) is 0 Å². The fourth-order valence-corrected chi connectivity index (χ4v) is 4.74. The van der Waals surface area contributed by atoms with Gasteiger partial charge in [-0.25, -0.2) is 0 Å². The molecule has 2 rings (SSSR count). The third-order valence-electron chi connectivity index (χ3n) is 4.61. The predicted octanol–water partition coefficient (Wildman–Crippen LogP) is 2.60. The average Bonchev–Trinajstić information content (AvgIpc) is 2.50. The van der Waals surface area contributed by atoms with Gasteiger partial charge in [0.15, 0.2) is 0 Å². The topological polar surface area (TPSA) is 44.0 Å². The summed E-state index contributed by atoms with van der Waals surface area (Å²) < 4.78 is -0.118. The molecule has 0 saturated heterocycles. The van der Waals surface area contributed by atoms with Gasteiger partial charge < -0.3 is 5.11 Å². The molecule has 2 aliphatic carbocycles. The van der Waals surface area contributed by atoms with Crippen LogP contribution in [-0.4, -0.2) is 15.5 Å². The van der Waals surface area contributed by atoms with E-state index in [2.05, 4.69) is 35.8 Å². The fraction of sp³-hybridized carbons (Fsp3) is 0.909. The molecule has 3 heteroatoms. The summed E-state index contributed by atoms with van der Waals surface area (Å²) >= 11 is 3.67. The van der Waals surface area contributed by atoms with Crippen molar-refractivity contribution < 1.29 is 5.11 Å². The molecule has 2 fully saturated rings. The molecule has 3 atom stereocenters. The highest BCUT2D eigenvalue weighted by Gasteiger charge is 2.68. The Labute approximate surface area is 93.4 Å². The van der Waals surface area contributed by atoms with E-state index in [0.717, 1.165) is 19.3 Å². The van der Waals surface area contributed by atoms with Gasteiger partial charge >= 0.3 is 0 Å². The van der Waals surface area contributed by atoms with Crippen LogP contribution in [0, 0.1) is 22.2 Å². The Hall–Kier alpha value is -0.0700. The van der Waals surface area contributed by atoms with Crippen LogP contribution >= 0.6 is 15.9 Å². The Kier molecular flexibility index (Phi) is 2.04. The molecule has 0 amide bonds. The van der Waals surface area contributed by atoms with E-state index in [9.17, 15) is 5.11 Å². The maximum atomic E-state index is 10.2. The number of hydrogen-bond donors (Lipinski definition) is 1. The summed E-state index contributed by atoms with van der Waals surface area (Å²) in [6.45, 7) is 4.19. The fourth-order valence-electron chi connectivity index (χ4n) is 3.44. The van der Waals surface area contributed by atoms with Crippen molar-refractivity contribution in [3.8, 4) is 6.07 Å². The first-order valence-electron chi connectivity index (χ1n) is 5.12. The molecule has 2 bridgehead atoms. The normalized spacial score (nSPS) is 49.2. The Balaban J connectivity index is 2.42. The average molecular weight is 258 g/mol. The summed E-state index contributed by atoms with van der Waals surface area (Å²) in [6.07, 6.45) is 3.26. The first-order valence-corrected chi connectivity index (χ1v) is 5.91. The molecule has 78 valence electrons. The Morgan fingerprint density at radius 2 is 2.14 bits per heavy atom. The number of hydrogen-bond acceptors (Lipinski definition) is 2. The number of fused-ring (bicyclic) bond motifs is 2. The summed E-state index contributed by atoms with van der Waals surface area (Å²) in [4.78, 5) is 0. The van der Waals surface area contributed by atoms with Crippen LogP contribution in [0.25, 0.3) is 0 Å². The first kappa shape index (κ1) is 10.4. The van der Waals surface area contributed by atoms with Gasteiger partial charge in [-0.15, -0.1) is 0 Å². The van der Waals surface area contributed by atoms with Crippen LogP contribution in [0.3, 0.4) is 0 Å². The summed E-state index contributed by atoms with van der Waals surface area (Å²) in [5, 5.41) is 19.1. The van der Waals surface area contributed by atoms with Gasteiger partial charge in [-0.1, -0.05) is 29.8 Å². The van der Waals surface area contributed by atoms with E-state index >= 15 is 0 Å². The number of aliphatic hydroxyl groups excluding tert-OH is 1. The van der Waals surface area contributed by atoms with Crippen molar-refractivity contribution in [1.29, 1.82) is 5.26 Å². The van der Waals surface area contributed by atoms with Crippen molar-refractivity contribution in [2.75, 3.05) is 0 Å². The van der Waals surface area contributed by atoms with E-state index < -0.39 is 0 Å². The molecule has 0 aromatic carbocycles. The molecule has 0 radical (unpaired) electrons. The molecule has 0 heterocycles. The van der Waals surface area contributed by atoms with E-state index in [1.54, 1.807) is 0 Å². The summed E-state index contributed by atoms with van der Waals surface area (Å²) in [5.41, 5.74) is -0.102. The molecule has 0 aromatic rings. The second-order valence-corrected chi connectivity index (χ2v) is 7.03. The third-order valence-corrected chi connectivity index (χ3v) is 5.72. The molecular weight excluding hydrogens is 242 g/mol. The van der Waals surface area contributed by atoms with Crippen molar-refractivity contribution in [3.63, 3.8) is 0 Å². The van der Waals surface area contributed by atoms with Gasteiger partial charge in [0.05, 0.1) is 16.5 Å². The van der Waals surface area contributed by atoms with E-state index in [0.29, 0.717) is 6.42 Å². The van der Waals surface area contributed by atoms with E-state index in [1.807, 2.05) is 0 Å². The Bertz CT molecular complexity index is 309. The Morgan fingerprint density at radius 3 is 2.57 bits per heavy atom.